The van der Waals surface area contributed by atoms with Crippen LogP contribution in [0.2, 0.25) is 0 Å². The third-order valence-corrected chi connectivity index (χ3v) is 1.02. The molecule has 0 bridgehead atoms. The molecule has 0 aromatic heterocycles. The number of carbonyl (C=O) groups is 1. The van der Waals surface area contributed by atoms with Gasteiger partial charge in [0.05, 0.1) is 6.61 Å². The lowest BCUT2D eigenvalue weighted by Crippen LogP contribution is -2.20. The van der Waals surface area contributed by atoms with E-state index in [-0.39, 0.29) is 12.7 Å². The zero-order valence-electron chi connectivity index (χ0n) is 6.11. The summed E-state index contributed by atoms with van der Waals surface area (Å²) in [4.78, 5) is 10.2. The molecule has 0 rings (SSSR count). The predicted molar refractivity (Wildman–Crippen MR) is 36.6 cm³/mol. The molecule has 2 nitrogen and oxygen atoms in total. The molecule has 0 saturated carbocycles. The van der Waals surface area contributed by atoms with Crippen LogP contribution in [0, 0.1) is 0 Å². The summed E-state index contributed by atoms with van der Waals surface area (Å²) in [7, 11) is 0. The van der Waals surface area contributed by atoms with E-state index in [1.807, 2.05) is 0 Å². The summed E-state index contributed by atoms with van der Waals surface area (Å²) < 4.78 is 39.0. The maximum atomic E-state index is 11.5. The average Bonchev–Trinajstić information content (AvgIpc) is 1.85. The van der Waals surface area contributed by atoms with Gasteiger partial charge in [-0.05, 0) is 18.5 Å². The molecular formula is C6H6ClF3O2. The van der Waals surface area contributed by atoms with Gasteiger partial charge in [0.2, 0.25) is 0 Å². The van der Waals surface area contributed by atoms with E-state index in [0.29, 0.717) is 0 Å². The quantitative estimate of drug-likeness (QED) is 0.518. The first-order valence-corrected chi connectivity index (χ1v) is 3.37. The fourth-order valence-electron chi connectivity index (χ4n) is 0.364. The van der Waals surface area contributed by atoms with Crippen LogP contribution < -0.4 is 0 Å². The number of carbonyl (C=O) groups excluding carboxylic acids is 1. The lowest BCUT2D eigenvalue weighted by Gasteiger charge is -2.02. The fraction of sp³-hybridized carbons (Fsp3) is 0.500. The molecule has 0 heterocycles. The SMILES string of the molecule is CCOC(Cl)=CC(=O)C(F)(F)F. The minimum Gasteiger partial charge on any atom is -0.483 e. The Morgan fingerprint density at radius 2 is 2.08 bits per heavy atom. The van der Waals surface area contributed by atoms with Gasteiger partial charge >= 0.3 is 6.18 Å². The van der Waals surface area contributed by atoms with Crippen LogP contribution in [0.1, 0.15) is 6.92 Å². The molecule has 0 aliphatic carbocycles. The molecule has 0 fully saturated rings. The largest absolute Gasteiger partial charge is 0.483 e. The number of ether oxygens (including phenoxy) is 1. The molecule has 12 heavy (non-hydrogen) atoms. The van der Waals surface area contributed by atoms with Crippen molar-refractivity contribution in [1.82, 2.24) is 0 Å². The summed E-state index contributed by atoms with van der Waals surface area (Å²) in [5.41, 5.74) is 0. The molecule has 0 aliphatic rings. The molecule has 0 atom stereocenters. The smallest absolute Gasteiger partial charge is 0.454 e. The Labute approximate surface area is 71.9 Å². The Hall–Kier alpha value is -0.710. The van der Waals surface area contributed by atoms with E-state index in [9.17, 15) is 18.0 Å². The van der Waals surface area contributed by atoms with Gasteiger partial charge in [0.15, 0.2) is 5.22 Å². The topological polar surface area (TPSA) is 26.3 Å². The molecule has 0 saturated heterocycles. The van der Waals surface area contributed by atoms with Crippen molar-refractivity contribution in [2.45, 2.75) is 13.1 Å². The fourth-order valence-corrected chi connectivity index (χ4v) is 0.573. The molecule has 6 heteroatoms. The van der Waals surface area contributed by atoms with Gasteiger partial charge in [-0.25, -0.2) is 0 Å². The highest BCUT2D eigenvalue weighted by Crippen LogP contribution is 2.18. The van der Waals surface area contributed by atoms with Crippen molar-refractivity contribution in [3.05, 3.63) is 11.3 Å². The maximum absolute atomic E-state index is 11.5. The third kappa shape index (κ3) is 4.23. The second kappa shape index (κ2) is 4.35. The monoisotopic (exact) mass is 202 g/mol. The summed E-state index contributed by atoms with van der Waals surface area (Å²) in [6.45, 7) is 1.65. The van der Waals surface area contributed by atoms with Gasteiger partial charge in [-0.3, -0.25) is 4.79 Å². The van der Waals surface area contributed by atoms with E-state index < -0.39 is 17.2 Å². The van der Waals surface area contributed by atoms with E-state index in [0.717, 1.165) is 0 Å². The van der Waals surface area contributed by atoms with Crippen LogP contribution in [0.25, 0.3) is 0 Å². The zero-order valence-corrected chi connectivity index (χ0v) is 6.87. The molecule has 0 aromatic rings. The number of hydrogen-bond acceptors (Lipinski definition) is 2. The van der Waals surface area contributed by atoms with E-state index in [4.69, 9.17) is 11.6 Å². The van der Waals surface area contributed by atoms with Gasteiger partial charge in [-0.2, -0.15) is 13.2 Å². The summed E-state index contributed by atoms with van der Waals surface area (Å²) in [5.74, 6) is -2.03. The Morgan fingerprint density at radius 1 is 1.58 bits per heavy atom. The summed E-state index contributed by atoms with van der Waals surface area (Å²) in [6, 6.07) is 0. The minimum absolute atomic E-state index is 0.112. The summed E-state index contributed by atoms with van der Waals surface area (Å²) in [6.07, 6.45) is -4.69. The molecule has 0 spiro atoms. The van der Waals surface area contributed by atoms with E-state index in [2.05, 4.69) is 4.74 Å². The standard InChI is InChI=1S/C6H6ClF3O2/c1-2-12-5(7)3-4(11)6(8,9)10/h3H,2H2,1H3. The van der Waals surface area contributed by atoms with Gasteiger partial charge in [-0.15, -0.1) is 0 Å². The van der Waals surface area contributed by atoms with Gasteiger partial charge in [-0.1, -0.05) is 0 Å². The van der Waals surface area contributed by atoms with Crippen LogP contribution in [0.15, 0.2) is 11.3 Å². The van der Waals surface area contributed by atoms with Crippen molar-refractivity contribution in [3.8, 4) is 0 Å². The Kier molecular flexibility index (Phi) is 4.09. The van der Waals surface area contributed by atoms with Gasteiger partial charge < -0.3 is 4.74 Å². The van der Waals surface area contributed by atoms with Crippen LogP contribution in [-0.2, 0) is 9.53 Å². The maximum Gasteiger partial charge on any atom is 0.454 e. The van der Waals surface area contributed by atoms with Crippen LogP contribution in [0.5, 0.6) is 0 Å². The summed E-state index contributed by atoms with van der Waals surface area (Å²) in [5, 5.41) is -0.556. The van der Waals surface area contributed by atoms with Crippen molar-refractivity contribution in [3.63, 3.8) is 0 Å². The van der Waals surface area contributed by atoms with E-state index in [1.54, 1.807) is 0 Å². The van der Waals surface area contributed by atoms with Crippen molar-refractivity contribution >= 4 is 17.4 Å². The molecule has 0 amide bonds. The highest BCUT2D eigenvalue weighted by Gasteiger charge is 2.36. The molecular weight excluding hydrogens is 197 g/mol. The first kappa shape index (κ1) is 11.3. The van der Waals surface area contributed by atoms with Crippen molar-refractivity contribution in [2.24, 2.45) is 0 Å². The molecule has 70 valence electrons. The van der Waals surface area contributed by atoms with Gasteiger partial charge in [0.1, 0.15) is 0 Å². The lowest BCUT2D eigenvalue weighted by atomic mass is 10.4. The van der Waals surface area contributed by atoms with Gasteiger partial charge in [0, 0.05) is 6.08 Å². The Bertz CT molecular complexity index is 197. The normalized spacial score (nSPS) is 12.9. The van der Waals surface area contributed by atoms with Crippen molar-refractivity contribution < 1.29 is 22.7 Å². The van der Waals surface area contributed by atoms with E-state index >= 15 is 0 Å². The van der Waals surface area contributed by atoms with E-state index in [1.165, 1.54) is 6.92 Å². The molecule has 0 aliphatic heterocycles. The molecule has 0 unspecified atom stereocenters. The number of rotatable bonds is 3. The highest BCUT2D eigenvalue weighted by molar-refractivity contribution is 6.29. The number of ketones is 1. The number of hydrogen-bond donors (Lipinski definition) is 0. The van der Waals surface area contributed by atoms with Crippen LogP contribution >= 0.6 is 11.6 Å². The van der Waals surface area contributed by atoms with Crippen LogP contribution in [0.3, 0.4) is 0 Å². The first-order chi connectivity index (χ1) is 5.38. The molecule has 0 N–H and O–H groups in total. The second-order valence-corrected chi connectivity index (χ2v) is 2.12. The molecule has 0 radical (unpaired) electrons. The average molecular weight is 203 g/mol. The molecule has 0 aromatic carbocycles. The van der Waals surface area contributed by atoms with Crippen molar-refractivity contribution in [1.29, 1.82) is 0 Å². The Morgan fingerprint density at radius 3 is 2.42 bits per heavy atom. The van der Waals surface area contributed by atoms with Crippen LogP contribution in [-0.4, -0.2) is 18.6 Å². The highest BCUT2D eigenvalue weighted by atomic mass is 35.5. The second-order valence-electron chi connectivity index (χ2n) is 1.74. The van der Waals surface area contributed by atoms with Crippen LogP contribution in [0.4, 0.5) is 13.2 Å². The number of allylic oxidation sites excluding steroid dienone is 1. The Balaban J connectivity index is 4.24. The number of alkyl halides is 3. The lowest BCUT2D eigenvalue weighted by molar-refractivity contribution is -0.165. The first-order valence-electron chi connectivity index (χ1n) is 2.99. The third-order valence-electron chi connectivity index (χ3n) is 0.806. The van der Waals surface area contributed by atoms with Gasteiger partial charge in [0.25, 0.3) is 5.78 Å². The number of halogens is 4. The summed E-state index contributed by atoms with van der Waals surface area (Å²) >= 11 is 5.10. The van der Waals surface area contributed by atoms with Crippen molar-refractivity contribution in [2.75, 3.05) is 6.61 Å². The predicted octanol–water partition coefficient (Wildman–Crippen LogP) is 2.23. The zero-order chi connectivity index (χ0) is 9.78. The minimum atomic E-state index is -4.89.